The van der Waals surface area contributed by atoms with Gasteiger partial charge in [-0.2, -0.15) is 0 Å². The Morgan fingerprint density at radius 1 is 0.941 bits per heavy atom. The number of rotatable bonds is 4. The Labute approximate surface area is 205 Å². The third kappa shape index (κ3) is 3.60. The first-order chi connectivity index (χ1) is 16.3. The highest BCUT2D eigenvalue weighted by molar-refractivity contribution is 6.31. The minimum absolute atomic E-state index is 0.170. The predicted molar refractivity (Wildman–Crippen MR) is 134 cm³/mol. The lowest BCUT2D eigenvalue weighted by Crippen LogP contribution is -2.32. The van der Waals surface area contributed by atoms with Crippen LogP contribution in [0.2, 0.25) is 10.0 Å². The molecule has 0 aliphatic carbocycles. The normalized spacial score (nSPS) is 13.2. The van der Waals surface area contributed by atoms with Crippen molar-refractivity contribution in [1.82, 2.24) is 19.1 Å². The SMILES string of the molecule is Cn1cncc1[C@@](O)(c1ccc(Cl)cc1)c1cc2c(-c3cccc(Cl)c3)cc(=O)n(C)c2cn1. The van der Waals surface area contributed by atoms with Gasteiger partial charge in [0.1, 0.15) is 0 Å². The van der Waals surface area contributed by atoms with Crippen LogP contribution in [0.3, 0.4) is 0 Å². The van der Waals surface area contributed by atoms with E-state index >= 15 is 0 Å². The first kappa shape index (κ1) is 22.3. The molecule has 3 aromatic heterocycles. The van der Waals surface area contributed by atoms with E-state index in [0.29, 0.717) is 38.1 Å². The predicted octanol–water partition coefficient (Wildman–Crippen LogP) is 4.93. The topological polar surface area (TPSA) is 72.9 Å². The Morgan fingerprint density at radius 3 is 2.38 bits per heavy atom. The molecule has 0 bridgehead atoms. The van der Waals surface area contributed by atoms with Gasteiger partial charge in [0.15, 0.2) is 5.60 Å². The lowest BCUT2D eigenvalue weighted by Gasteiger charge is -2.29. The van der Waals surface area contributed by atoms with Crippen molar-refractivity contribution in [2.75, 3.05) is 0 Å². The van der Waals surface area contributed by atoms with E-state index in [2.05, 4.69) is 9.97 Å². The van der Waals surface area contributed by atoms with Crippen LogP contribution in [-0.4, -0.2) is 24.2 Å². The average Bonchev–Trinajstić information content (AvgIpc) is 3.27. The van der Waals surface area contributed by atoms with Crippen LogP contribution in [-0.2, 0) is 19.7 Å². The van der Waals surface area contributed by atoms with Gasteiger partial charge in [0.05, 0.1) is 35.6 Å². The maximum absolute atomic E-state index is 12.7. The van der Waals surface area contributed by atoms with E-state index in [-0.39, 0.29) is 5.56 Å². The molecule has 3 heterocycles. The van der Waals surface area contributed by atoms with Gasteiger partial charge in [-0.25, -0.2) is 4.98 Å². The second-order valence-electron chi connectivity index (χ2n) is 8.16. The van der Waals surface area contributed by atoms with Gasteiger partial charge in [0, 0.05) is 35.6 Å². The molecular formula is C26H20Cl2N4O2. The van der Waals surface area contributed by atoms with Crippen molar-refractivity contribution in [1.29, 1.82) is 0 Å². The highest BCUT2D eigenvalue weighted by Crippen LogP contribution is 2.38. The summed E-state index contributed by atoms with van der Waals surface area (Å²) in [6.07, 6.45) is 4.84. The number of aliphatic hydroxyl groups is 1. The number of halogens is 2. The molecule has 0 radical (unpaired) electrons. The van der Waals surface area contributed by atoms with E-state index < -0.39 is 5.60 Å². The number of hydrogen-bond donors (Lipinski definition) is 1. The molecule has 1 N–H and O–H groups in total. The second-order valence-corrected chi connectivity index (χ2v) is 9.03. The molecule has 34 heavy (non-hydrogen) atoms. The van der Waals surface area contributed by atoms with Crippen LogP contribution in [0.4, 0.5) is 0 Å². The quantitative estimate of drug-likeness (QED) is 0.387. The van der Waals surface area contributed by atoms with Gasteiger partial charge in [-0.3, -0.25) is 9.78 Å². The number of fused-ring (bicyclic) bond motifs is 1. The monoisotopic (exact) mass is 490 g/mol. The zero-order valence-corrected chi connectivity index (χ0v) is 19.9. The van der Waals surface area contributed by atoms with Crippen molar-refractivity contribution >= 4 is 34.1 Å². The Kier molecular flexibility index (Phi) is 5.52. The molecule has 0 amide bonds. The fourth-order valence-corrected chi connectivity index (χ4v) is 4.58. The highest BCUT2D eigenvalue weighted by atomic mass is 35.5. The van der Waals surface area contributed by atoms with Crippen molar-refractivity contribution in [2.24, 2.45) is 14.1 Å². The number of pyridine rings is 2. The smallest absolute Gasteiger partial charge is 0.251 e. The summed E-state index contributed by atoms with van der Waals surface area (Å²) in [5.41, 5.74) is 1.84. The molecule has 2 aromatic carbocycles. The van der Waals surface area contributed by atoms with Crippen molar-refractivity contribution in [2.45, 2.75) is 5.60 Å². The number of nitrogens with zero attached hydrogens (tertiary/aromatic N) is 4. The summed E-state index contributed by atoms with van der Waals surface area (Å²) in [6, 6.07) is 17.7. The maximum atomic E-state index is 12.7. The van der Waals surface area contributed by atoms with Gasteiger partial charge in [0.25, 0.3) is 5.56 Å². The van der Waals surface area contributed by atoms with Crippen LogP contribution in [0.15, 0.2) is 84.2 Å². The number of hydrogen-bond acceptors (Lipinski definition) is 4. The minimum Gasteiger partial charge on any atom is -0.373 e. The molecule has 5 aromatic rings. The zero-order chi connectivity index (χ0) is 24.0. The van der Waals surface area contributed by atoms with E-state index in [9.17, 15) is 9.90 Å². The lowest BCUT2D eigenvalue weighted by atomic mass is 9.86. The van der Waals surface area contributed by atoms with Crippen LogP contribution in [0.25, 0.3) is 22.0 Å². The van der Waals surface area contributed by atoms with E-state index in [1.807, 2.05) is 31.3 Å². The van der Waals surface area contributed by atoms with Gasteiger partial charge in [0.2, 0.25) is 0 Å². The molecule has 0 aliphatic heterocycles. The van der Waals surface area contributed by atoms with E-state index in [4.69, 9.17) is 23.2 Å². The molecule has 0 saturated heterocycles. The standard InChI is InChI=1S/C26H20Cl2N4O2/c1-31-15-29-14-24(31)26(34,17-6-8-18(27)9-7-17)23-11-21-20(16-4-3-5-19(28)10-16)12-25(33)32(2)22(21)13-30-23/h3-15,34H,1-2H3/t26-/m1/s1. The molecule has 170 valence electrons. The van der Waals surface area contributed by atoms with Crippen molar-refractivity contribution in [3.63, 3.8) is 0 Å². The second kappa shape index (κ2) is 8.40. The van der Waals surface area contributed by atoms with Crippen LogP contribution in [0, 0.1) is 0 Å². The van der Waals surface area contributed by atoms with Crippen molar-refractivity contribution in [3.8, 4) is 11.1 Å². The summed E-state index contributed by atoms with van der Waals surface area (Å²) in [5, 5.41) is 14.1. The molecule has 0 fully saturated rings. The van der Waals surface area contributed by atoms with Gasteiger partial charge in [-0.05, 0) is 47.0 Å². The fourth-order valence-electron chi connectivity index (χ4n) is 4.26. The minimum atomic E-state index is -1.62. The number of imidazole rings is 1. The first-order valence-corrected chi connectivity index (χ1v) is 11.3. The van der Waals surface area contributed by atoms with Gasteiger partial charge in [-0.15, -0.1) is 0 Å². The van der Waals surface area contributed by atoms with Crippen LogP contribution in [0.1, 0.15) is 17.0 Å². The Balaban J connectivity index is 1.84. The van der Waals surface area contributed by atoms with Crippen LogP contribution >= 0.6 is 23.2 Å². The maximum Gasteiger partial charge on any atom is 0.251 e. The highest BCUT2D eigenvalue weighted by Gasteiger charge is 2.38. The zero-order valence-electron chi connectivity index (χ0n) is 18.4. The summed E-state index contributed by atoms with van der Waals surface area (Å²) in [7, 11) is 3.51. The summed E-state index contributed by atoms with van der Waals surface area (Å²) in [4.78, 5) is 21.5. The Morgan fingerprint density at radius 2 is 1.71 bits per heavy atom. The summed E-state index contributed by atoms with van der Waals surface area (Å²) in [6.45, 7) is 0. The molecular weight excluding hydrogens is 471 g/mol. The average molecular weight is 491 g/mol. The van der Waals surface area contributed by atoms with Gasteiger partial charge < -0.3 is 14.2 Å². The van der Waals surface area contributed by atoms with E-state index in [1.165, 1.54) is 4.57 Å². The molecule has 6 nitrogen and oxygen atoms in total. The van der Waals surface area contributed by atoms with E-state index in [0.717, 1.165) is 10.9 Å². The largest absolute Gasteiger partial charge is 0.373 e. The molecule has 1 atom stereocenters. The summed E-state index contributed by atoms with van der Waals surface area (Å²) < 4.78 is 3.28. The van der Waals surface area contributed by atoms with Crippen molar-refractivity contribution < 1.29 is 5.11 Å². The number of benzene rings is 2. The van der Waals surface area contributed by atoms with Crippen LogP contribution < -0.4 is 5.56 Å². The van der Waals surface area contributed by atoms with Gasteiger partial charge >= 0.3 is 0 Å². The number of aromatic nitrogens is 4. The molecule has 0 aliphatic rings. The Hall–Kier alpha value is -3.45. The molecule has 0 unspecified atom stereocenters. The van der Waals surface area contributed by atoms with Crippen molar-refractivity contribution in [3.05, 3.63) is 117 Å². The molecule has 8 heteroatoms. The lowest BCUT2D eigenvalue weighted by molar-refractivity contribution is 0.113. The number of aryl methyl sites for hydroxylation is 2. The molecule has 0 spiro atoms. The summed E-state index contributed by atoms with van der Waals surface area (Å²) >= 11 is 12.4. The molecule has 5 rings (SSSR count). The van der Waals surface area contributed by atoms with Gasteiger partial charge in [-0.1, -0.05) is 47.5 Å². The fraction of sp³-hybridized carbons (Fsp3) is 0.115. The van der Waals surface area contributed by atoms with E-state index in [1.54, 1.807) is 66.7 Å². The Bertz CT molecular complexity index is 1590. The molecule has 0 saturated carbocycles. The third-order valence-electron chi connectivity index (χ3n) is 6.09. The van der Waals surface area contributed by atoms with Crippen LogP contribution in [0.5, 0.6) is 0 Å². The third-order valence-corrected chi connectivity index (χ3v) is 6.58. The summed E-state index contributed by atoms with van der Waals surface area (Å²) in [5.74, 6) is 0. The first-order valence-electron chi connectivity index (χ1n) is 10.5.